The first-order chi connectivity index (χ1) is 4.70. The van der Waals surface area contributed by atoms with Crippen molar-refractivity contribution in [1.82, 2.24) is 0 Å². The van der Waals surface area contributed by atoms with Gasteiger partial charge < -0.3 is 0 Å². The highest BCUT2D eigenvalue weighted by atomic mass is 79.9. The summed E-state index contributed by atoms with van der Waals surface area (Å²) in [5.74, 6) is 0. The molecule has 0 spiro atoms. The summed E-state index contributed by atoms with van der Waals surface area (Å²) in [6.07, 6.45) is 0. The maximum atomic E-state index is 3.78. The molecule has 0 N–H and O–H groups in total. The fraction of sp³-hybridized carbons (Fsp3) is 0.111. The van der Waals surface area contributed by atoms with Gasteiger partial charge in [-0.25, -0.2) is 0 Å². The molecule has 0 aliphatic heterocycles. The van der Waals surface area contributed by atoms with Crippen LogP contribution >= 0.6 is 15.9 Å². The lowest BCUT2D eigenvalue weighted by molar-refractivity contribution is 1.46. The summed E-state index contributed by atoms with van der Waals surface area (Å²) in [7, 11) is 0. The van der Waals surface area contributed by atoms with Crippen LogP contribution in [0, 0.1) is 6.92 Å². The van der Waals surface area contributed by atoms with Gasteiger partial charge in [-0.2, -0.15) is 0 Å². The molecule has 1 aromatic carbocycles. The fourth-order valence-corrected chi connectivity index (χ4v) is 1.06. The molecular formula is C9H9Br. The molecule has 0 saturated carbocycles. The first-order valence-electron chi connectivity index (χ1n) is 3.11. The zero-order chi connectivity index (χ0) is 7.56. The van der Waals surface area contributed by atoms with Crippen molar-refractivity contribution in [3.63, 3.8) is 0 Å². The summed E-state index contributed by atoms with van der Waals surface area (Å²) in [6.45, 7) is 5.85. The number of benzene rings is 1. The van der Waals surface area contributed by atoms with Crippen molar-refractivity contribution in [1.29, 1.82) is 0 Å². The summed E-state index contributed by atoms with van der Waals surface area (Å²) in [5, 5.41) is 0. The third-order valence-corrected chi connectivity index (χ3v) is 1.79. The normalized spacial score (nSPS) is 9.40. The summed E-state index contributed by atoms with van der Waals surface area (Å²) in [4.78, 5) is 0. The van der Waals surface area contributed by atoms with Crippen LogP contribution in [0.3, 0.4) is 0 Å². The van der Waals surface area contributed by atoms with E-state index in [1.54, 1.807) is 0 Å². The predicted molar refractivity (Wildman–Crippen MR) is 49.1 cm³/mol. The van der Waals surface area contributed by atoms with Crippen LogP contribution in [0.1, 0.15) is 11.1 Å². The van der Waals surface area contributed by atoms with Crippen LogP contribution in [-0.4, -0.2) is 0 Å². The molecule has 1 aromatic rings. The molecule has 0 aliphatic rings. The van der Waals surface area contributed by atoms with Crippen molar-refractivity contribution in [3.8, 4) is 0 Å². The Hall–Kier alpha value is -0.560. The Morgan fingerprint density at radius 2 is 2.20 bits per heavy atom. The highest BCUT2D eigenvalue weighted by molar-refractivity contribution is 9.15. The van der Waals surface area contributed by atoms with Gasteiger partial charge in [0, 0.05) is 4.48 Å². The first-order valence-corrected chi connectivity index (χ1v) is 3.91. The molecule has 1 heteroatoms. The molecule has 1 rings (SSSR count). The molecule has 0 fully saturated rings. The topological polar surface area (TPSA) is 0 Å². The van der Waals surface area contributed by atoms with Crippen LogP contribution in [0.25, 0.3) is 4.48 Å². The SMILES string of the molecule is C=C(Br)c1cccc(C)c1. The fourth-order valence-electron chi connectivity index (χ4n) is 0.814. The minimum atomic E-state index is 0.941. The number of aryl methyl sites for hydroxylation is 1. The van der Waals surface area contributed by atoms with Gasteiger partial charge in [-0.1, -0.05) is 52.3 Å². The molecule has 52 valence electrons. The van der Waals surface area contributed by atoms with Crippen molar-refractivity contribution in [2.45, 2.75) is 6.92 Å². The van der Waals surface area contributed by atoms with Gasteiger partial charge in [-0.15, -0.1) is 0 Å². The highest BCUT2D eigenvalue weighted by Crippen LogP contribution is 2.18. The van der Waals surface area contributed by atoms with Gasteiger partial charge in [0.2, 0.25) is 0 Å². The number of hydrogen-bond donors (Lipinski definition) is 0. The Kier molecular flexibility index (Phi) is 2.28. The molecule has 0 saturated heterocycles. The molecule has 0 aromatic heterocycles. The standard InChI is InChI=1S/C9H9Br/c1-7-4-3-5-9(6-7)8(2)10/h3-6H,2H2,1H3. The van der Waals surface area contributed by atoms with Crippen molar-refractivity contribution >= 4 is 20.4 Å². The van der Waals surface area contributed by atoms with Crippen LogP contribution in [0.15, 0.2) is 30.8 Å². The van der Waals surface area contributed by atoms with E-state index in [9.17, 15) is 0 Å². The average Bonchev–Trinajstić information content (AvgIpc) is 1.88. The summed E-state index contributed by atoms with van der Waals surface area (Å²) in [6, 6.07) is 8.22. The maximum Gasteiger partial charge on any atom is 0.0175 e. The molecule has 0 atom stereocenters. The van der Waals surface area contributed by atoms with Crippen molar-refractivity contribution in [2.24, 2.45) is 0 Å². The smallest absolute Gasteiger partial charge is 0.0175 e. The third-order valence-electron chi connectivity index (χ3n) is 1.33. The molecule has 0 amide bonds. The minimum absolute atomic E-state index is 0.941. The summed E-state index contributed by atoms with van der Waals surface area (Å²) in [5.41, 5.74) is 2.41. The van der Waals surface area contributed by atoms with Gasteiger partial charge in [0.15, 0.2) is 0 Å². The second-order valence-corrected chi connectivity index (χ2v) is 3.23. The summed E-state index contributed by atoms with van der Waals surface area (Å²) >= 11 is 3.32. The molecule has 0 bridgehead atoms. The van der Waals surface area contributed by atoms with Gasteiger partial charge in [-0.05, 0) is 12.5 Å². The Morgan fingerprint density at radius 3 is 2.60 bits per heavy atom. The molecular weight excluding hydrogens is 188 g/mol. The van der Waals surface area contributed by atoms with Crippen LogP contribution in [0.2, 0.25) is 0 Å². The minimum Gasteiger partial charge on any atom is -0.0841 e. The van der Waals surface area contributed by atoms with Crippen molar-refractivity contribution in [2.75, 3.05) is 0 Å². The van der Waals surface area contributed by atoms with E-state index in [0.717, 1.165) is 10.0 Å². The zero-order valence-electron chi connectivity index (χ0n) is 5.89. The van der Waals surface area contributed by atoms with E-state index < -0.39 is 0 Å². The van der Waals surface area contributed by atoms with E-state index in [2.05, 4.69) is 41.6 Å². The van der Waals surface area contributed by atoms with Crippen molar-refractivity contribution < 1.29 is 0 Å². The molecule has 0 heterocycles. The van der Waals surface area contributed by atoms with Gasteiger partial charge in [0.05, 0.1) is 0 Å². The molecule has 0 unspecified atom stereocenters. The van der Waals surface area contributed by atoms with Crippen LogP contribution < -0.4 is 0 Å². The Balaban J connectivity index is 3.07. The summed E-state index contributed by atoms with van der Waals surface area (Å²) < 4.78 is 0.941. The zero-order valence-corrected chi connectivity index (χ0v) is 7.48. The Morgan fingerprint density at radius 1 is 1.50 bits per heavy atom. The second-order valence-electron chi connectivity index (χ2n) is 2.27. The van der Waals surface area contributed by atoms with E-state index in [0.29, 0.717) is 0 Å². The van der Waals surface area contributed by atoms with Gasteiger partial charge in [-0.3, -0.25) is 0 Å². The lowest BCUT2D eigenvalue weighted by atomic mass is 10.1. The van der Waals surface area contributed by atoms with E-state index in [4.69, 9.17) is 0 Å². The highest BCUT2D eigenvalue weighted by Gasteiger charge is 1.92. The van der Waals surface area contributed by atoms with Gasteiger partial charge in [0.1, 0.15) is 0 Å². The van der Waals surface area contributed by atoms with Crippen molar-refractivity contribution in [3.05, 3.63) is 42.0 Å². The lowest BCUT2D eigenvalue weighted by Gasteiger charge is -1.97. The molecule has 0 aliphatic carbocycles. The quantitative estimate of drug-likeness (QED) is 0.647. The number of rotatable bonds is 1. The second kappa shape index (κ2) is 3.02. The monoisotopic (exact) mass is 196 g/mol. The molecule has 10 heavy (non-hydrogen) atoms. The van der Waals surface area contributed by atoms with Crippen LogP contribution in [0.4, 0.5) is 0 Å². The van der Waals surface area contributed by atoms with E-state index >= 15 is 0 Å². The van der Waals surface area contributed by atoms with E-state index in [1.165, 1.54) is 5.56 Å². The number of halogens is 1. The molecule has 0 nitrogen and oxygen atoms in total. The number of hydrogen-bond acceptors (Lipinski definition) is 0. The van der Waals surface area contributed by atoms with Gasteiger partial charge in [0.25, 0.3) is 0 Å². The molecule has 0 radical (unpaired) electrons. The predicted octanol–water partition coefficient (Wildman–Crippen LogP) is 3.36. The Labute approximate surface area is 69.7 Å². The Bertz CT molecular complexity index is 251. The van der Waals surface area contributed by atoms with E-state index in [-0.39, 0.29) is 0 Å². The largest absolute Gasteiger partial charge is 0.0841 e. The lowest BCUT2D eigenvalue weighted by Crippen LogP contribution is -1.75. The van der Waals surface area contributed by atoms with Crippen LogP contribution in [-0.2, 0) is 0 Å². The third kappa shape index (κ3) is 1.71. The van der Waals surface area contributed by atoms with E-state index in [1.807, 2.05) is 12.1 Å². The van der Waals surface area contributed by atoms with Crippen LogP contribution in [0.5, 0.6) is 0 Å². The van der Waals surface area contributed by atoms with Gasteiger partial charge >= 0.3 is 0 Å². The average molecular weight is 197 g/mol. The first kappa shape index (κ1) is 7.55. The maximum absolute atomic E-state index is 3.78.